The second-order valence-electron chi connectivity index (χ2n) is 3.83. The fourth-order valence-corrected chi connectivity index (χ4v) is 0.853. The smallest absolute Gasteiger partial charge is 0.422 e. The molecule has 0 aliphatic heterocycles. The number of aromatic nitrogens is 2. The maximum Gasteiger partial charge on any atom is 0.507 e. The van der Waals surface area contributed by atoms with Crippen LogP contribution in [-0.4, -0.2) is 27.4 Å². The molecule has 0 saturated carbocycles. The van der Waals surface area contributed by atoms with E-state index in [0.29, 0.717) is 5.59 Å². The topological polar surface area (TPSA) is 69.1 Å². The van der Waals surface area contributed by atoms with Crippen molar-refractivity contribution in [1.82, 2.24) is 10.2 Å². The maximum absolute atomic E-state index is 8.79. The van der Waals surface area contributed by atoms with Gasteiger partial charge in [0.2, 0.25) is 0 Å². The van der Waals surface area contributed by atoms with Crippen molar-refractivity contribution < 1.29 is 10.0 Å². The summed E-state index contributed by atoms with van der Waals surface area (Å²) in [6.45, 7) is 6.03. The second kappa shape index (κ2) is 2.92. The van der Waals surface area contributed by atoms with Gasteiger partial charge < -0.3 is 10.0 Å². The van der Waals surface area contributed by atoms with Gasteiger partial charge in [-0.2, -0.15) is 5.10 Å². The molecule has 0 fully saturated rings. The Hall–Kier alpha value is -0.805. The standard InChI is InChI=1S/C7H13BN2O2/c1-7(2,3)5-4-6(8(11)12)10-9-5/h4,11-12H,1-3H3,(H,9,10). The van der Waals surface area contributed by atoms with Gasteiger partial charge in [0.05, 0.1) is 11.3 Å². The SMILES string of the molecule is CC(C)(C)c1cc(B(O)O)[nH]n1. The van der Waals surface area contributed by atoms with Gasteiger partial charge in [-0.25, -0.2) is 0 Å². The molecular weight excluding hydrogens is 155 g/mol. The van der Waals surface area contributed by atoms with Gasteiger partial charge in [0.15, 0.2) is 0 Å². The van der Waals surface area contributed by atoms with Crippen molar-refractivity contribution >= 4 is 12.7 Å². The highest BCUT2D eigenvalue weighted by molar-refractivity contribution is 6.57. The monoisotopic (exact) mass is 168 g/mol. The molecule has 5 heteroatoms. The summed E-state index contributed by atoms with van der Waals surface area (Å²) in [5.41, 5.74) is 1.09. The lowest BCUT2D eigenvalue weighted by atomic mass is 9.84. The van der Waals surface area contributed by atoms with Crippen LogP contribution in [0.1, 0.15) is 26.5 Å². The third-order valence-corrected chi connectivity index (χ3v) is 1.64. The summed E-state index contributed by atoms with van der Waals surface area (Å²) < 4.78 is 0. The molecule has 12 heavy (non-hydrogen) atoms. The summed E-state index contributed by atoms with van der Waals surface area (Å²) in [5.74, 6) is 0. The Bertz CT molecular complexity index is 265. The number of rotatable bonds is 1. The van der Waals surface area contributed by atoms with Gasteiger partial charge in [-0.05, 0) is 6.07 Å². The van der Waals surface area contributed by atoms with Crippen LogP contribution in [-0.2, 0) is 5.41 Å². The third-order valence-electron chi connectivity index (χ3n) is 1.64. The molecule has 0 saturated heterocycles. The van der Waals surface area contributed by atoms with Crippen LogP contribution >= 0.6 is 0 Å². The minimum atomic E-state index is -1.46. The Balaban J connectivity index is 2.92. The number of hydrogen-bond acceptors (Lipinski definition) is 3. The first kappa shape index (κ1) is 9.28. The van der Waals surface area contributed by atoms with Gasteiger partial charge >= 0.3 is 7.12 Å². The molecule has 1 aromatic rings. The third kappa shape index (κ3) is 1.87. The summed E-state index contributed by atoms with van der Waals surface area (Å²) in [6.07, 6.45) is 0. The molecule has 0 spiro atoms. The lowest BCUT2D eigenvalue weighted by Crippen LogP contribution is -2.30. The number of nitrogens with zero attached hydrogens (tertiary/aromatic N) is 1. The highest BCUT2D eigenvalue weighted by atomic mass is 16.4. The highest BCUT2D eigenvalue weighted by Gasteiger charge is 2.21. The molecule has 1 heterocycles. The first-order chi connectivity index (χ1) is 5.41. The molecule has 0 aliphatic carbocycles. The number of hydrogen-bond donors (Lipinski definition) is 3. The van der Waals surface area contributed by atoms with Crippen LogP contribution in [0.2, 0.25) is 0 Å². The Morgan fingerprint density at radius 3 is 2.25 bits per heavy atom. The molecule has 0 bridgehead atoms. The van der Waals surface area contributed by atoms with Gasteiger partial charge in [-0.15, -0.1) is 0 Å². The largest absolute Gasteiger partial charge is 0.507 e. The zero-order valence-electron chi connectivity index (χ0n) is 7.50. The van der Waals surface area contributed by atoms with E-state index in [1.807, 2.05) is 20.8 Å². The van der Waals surface area contributed by atoms with Crippen molar-refractivity contribution in [3.63, 3.8) is 0 Å². The molecule has 0 aliphatic rings. The van der Waals surface area contributed by atoms with Gasteiger partial charge in [-0.1, -0.05) is 20.8 Å². The maximum atomic E-state index is 8.79. The lowest BCUT2D eigenvalue weighted by Gasteiger charge is -2.13. The van der Waals surface area contributed by atoms with Crippen LogP contribution in [0.4, 0.5) is 0 Å². The second-order valence-corrected chi connectivity index (χ2v) is 3.83. The minimum absolute atomic E-state index is 0.0658. The lowest BCUT2D eigenvalue weighted by molar-refractivity contribution is 0.424. The molecular formula is C7H13BN2O2. The number of nitrogens with one attached hydrogen (secondary N) is 1. The number of aromatic amines is 1. The van der Waals surface area contributed by atoms with Crippen LogP contribution in [0.25, 0.3) is 0 Å². The molecule has 1 aromatic heterocycles. The van der Waals surface area contributed by atoms with E-state index in [9.17, 15) is 0 Å². The van der Waals surface area contributed by atoms with Crippen LogP contribution < -0.4 is 5.59 Å². The molecule has 0 amide bonds. The molecule has 3 N–H and O–H groups in total. The zero-order valence-corrected chi connectivity index (χ0v) is 7.50. The fourth-order valence-electron chi connectivity index (χ4n) is 0.853. The van der Waals surface area contributed by atoms with Crippen LogP contribution in [0.3, 0.4) is 0 Å². The molecule has 0 aromatic carbocycles. The van der Waals surface area contributed by atoms with Crippen LogP contribution in [0.5, 0.6) is 0 Å². The summed E-state index contributed by atoms with van der Waals surface area (Å²) in [4.78, 5) is 0. The normalized spacial score (nSPS) is 11.8. The minimum Gasteiger partial charge on any atom is -0.422 e. The van der Waals surface area contributed by atoms with E-state index in [4.69, 9.17) is 10.0 Å². The summed E-state index contributed by atoms with van der Waals surface area (Å²) >= 11 is 0. The zero-order chi connectivity index (χ0) is 9.35. The van der Waals surface area contributed by atoms with Crippen LogP contribution in [0.15, 0.2) is 6.07 Å². The van der Waals surface area contributed by atoms with Crippen molar-refractivity contribution in [2.24, 2.45) is 0 Å². The van der Waals surface area contributed by atoms with Gasteiger partial charge in [0.1, 0.15) is 0 Å². The van der Waals surface area contributed by atoms with Gasteiger partial charge in [0, 0.05) is 5.41 Å². The molecule has 0 unspecified atom stereocenters. The summed E-state index contributed by atoms with van der Waals surface area (Å²) in [5, 5.41) is 24.1. The molecule has 0 radical (unpaired) electrons. The Morgan fingerprint density at radius 2 is 2.00 bits per heavy atom. The van der Waals surface area contributed by atoms with Gasteiger partial charge in [0.25, 0.3) is 0 Å². The summed E-state index contributed by atoms with van der Waals surface area (Å²) in [7, 11) is -1.46. The number of H-pyrrole nitrogens is 1. The molecule has 1 rings (SSSR count). The first-order valence-electron chi connectivity index (χ1n) is 3.83. The van der Waals surface area contributed by atoms with E-state index in [0.717, 1.165) is 5.69 Å². The quantitative estimate of drug-likeness (QED) is 0.489. The van der Waals surface area contributed by atoms with Crippen molar-refractivity contribution in [2.75, 3.05) is 0 Å². The van der Waals surface area contributed by atoms with Crippen molar-refractivity contribution in [1.29, 1.82) is 0 Å². The van der Waals surface area contributed by atoms with Crippen molar-refractivity contribution in [3.05, 3.63) is 11.8 Å². The molecule has 66 valence electrons. The van der Waals surface area contributed by atoms with E-state index >= 15 is 0 Å². The highest BCUT2D eigenvalue weighted by Crippen LogP contribution is 2.17. The van der Waals surface area contributed by atoms with E-state index < -0.39 is 7.12 Å². The Kier molecular flexibility index (Phi) is 2.26. The summed E-state index contributed by atoms with van der Waals surface area (Å²) in [6, 6.07) is 1.66. The van der Waals surface area contributed by atoms with Gasteiger partial charge in [-0.3, -0.25) is 5.10 Å². The first-order valence-corrected chi connectivity index (χ1v) is 3.83. The van der Waals surface area contributed by atoms with E-state index in [-0.39, 0.29) is 5.41 Å². The average molecular weight is 168 g/mol. The van der Waals surface area contributed by atoms with Crippen LogP contribution in [0, 0.1) is 0 Å². The van der Waals surface area contributed by atoms with E-state index in [1.54, 1.807) is 6.07 Å². The van der Waals surface area contributed by atoms with Crippen molar-refractivity contribution in [3.8, 4) is 0 Å². The Morgan fingerprint density at radius 1 is 1.42 bits per heavy atom. The van der Waals surface area contributed by atoms with E-state index in [1.165, 1.54) is 0 Å². The predicted molar refractivity (Wildman–Crippen MR) is 47.1 cm³/mol. The van der Waals surface area contributed by atoms with Crippen molar-refractivity contribution in [2.45, 2.75) is 26.2 Å². The Labute approximate surface area is 71.8 Å². The molecule has 0 atom stereocenters. The fraction of sp³-hybridized carbons (Fsp3) is 0.571. The average Bonchev–Trinajstić information content (AvgIpc) is 2.30. The molecule has 4 nitrogen and oxygen atoms in total. The predicted octanol–water partition coefficient (Wildman–Crippen LogP) is -0.613. The van der Waals surface area contributed by atoms with E-state index in [2.05, 4.69) is 10.2 Å².